The van der Waals surface area contributed by atoms with Crippen LogP contribution in [-0.2, 0) is 20.4 Å². The summed E-state index contributed by atoms with van der Waals surface area (Å²) in [6.07, 6.45) is 0. The first-order valence-electron chi connectivity index (χ1n) is 11.6. The van der Waals surface area contributed by atoms with Gasteiger partial charge in [0.05, 0.1) is 11.6 Å². The van der Waals surface area contributed by atoms with Crippen LogP contribution < -0.4 is 5.32 Å². The summed E-state index contributed by atoms with van der Waals surface area (Å²) in [4.78, 5) is 29.3. The number of carbonyl (C=O) groups is 2. The molecule has 2 aliphatic rings. The maximum atomic E-state index is 13.2. The minimum absolute atomic E-state index is 0.128. The molecule has 1 N–H and O–H groups in total. The van der Waals surface area contributed by atoms with Crippen LogP contribution in [-0.4, -0.2) is 67.3 Å². The van der Waals surface area contributed by atoms with Gasteiger partial charge in [-0.15, -0.1) is 0 Å². The molecular formula is C25H32N4O4S. The van der Waals surface area contributed by atoms with E-state index in [0.717, 1.165) is 16.7 Å². The number of rotatable bonds is 6. The van der Waals surface area contributed by atoms with Crippen molar-refractivity contribution in [2.75, 3.05) is 32.8 Å². The summed E-state index contributed by atoms with van der Waals surface area (Å²) in [5.74, 6) is 0.0281. The lowest BCUT2D eigenvalue weighted by molar-refractivity contribution is -0.132. The van der Waals surface area contributed by atoms with Crippen LogP contribution >= 0.6 is 0 Å². The Morgan fingerprint density at radius 2 is 1.53 bits per heavy atom. The van der Waals surface area contributed by atoms with Crippen molar-refractivity contribution in [2.24, 2.45) is 0 Å². The summed E-state index contributed by atoms with van der Waals surface area (Å²) in [5.41, 5.74) is 1.79. The Bertz CT molecular complexity index is 1170. The van der Waals surface area contributed by atoms with Gasteiger partial charge in [0, 0.05) is 26.2 Å². The second-order valence-corrected chi connectivity index (χ2v) is 11.5. The van der Waals surface area contributed by atoms with Crippen molar-refractivity contribution in [3.05, 3.63) is 65.2 Å². The van der Waals surface area contributed by atoms with Crippen LogP contribution in [0.1, 0.15) is 43.4 Å². The molecule has 9 heteroatoms. The Kier molecular flexibility index (Phi) is 6.54. The molecule has 8 nitrogen and oxygen atoms in total. The van der Waals surface area contributed by atoms with Crippen LogP contribution in [0.5, 0.6) is 0 Å². The van der Waals surface area contributed by atoms with Crippen LogP contribution in [0.25, 0.3) is 0 Å². The van der Waals surface area contributed by atoms with Gasteiger partial charge in [0.1, 0.15) is 5.54 Å². The monoisotopic (exact) mass is 484 g/mol. The van der Waals surface area contributed by atoms with E-state index in [1.54, 1.807) is 19.1 Å². The van der Waals surface area contributed by atoms with Crippen molar-refractivity contribution in [3.63, 3.8) is 0 Å². The third-order valence-corrected chi connectivity index (χ3v) is 8.67. The van der Waals surface area contributed by atoms with Gasteiger partial charge < -0.3 is 5.32 Å². The number of piperazine rings is 1. The molecule has 2 aliphatic heterocycles. The lowest BCUT2D eigenvalue weighted by Crippen LogP contribution is -2.52. The van der Waals surface area contributed by atoms with Gasteiger partial charge in [-0.1, -0.05) is 55.8 Å². The van der Waals surface area contributed by atoms with Crippen LogP contribution in [0.2, 0.25) is 0 Å². The van der Waals surface area contributed by atoms with Crippen LogP contribution in [0, 0.1) is 6.92 Å². The summed E-state index contributed by atoms with van der Waals surface area (Å²) in [5, 5.41) is 2.83. The molecule has 1 atom stereocenters. The quantitative estimate of drug-likeness (QED) is 0.637. The van der Waals surface area contributed by atoms with Crippen molar-refractivity contribution >= 4 is 22.0 Å². The molecule has 0 bridgehead atoms. The fraction of sp³-hybridized carbons (Fsp3) is 0.440. The number of nitrogens with one attached hydrogen (secondary N) is 1. The molecule has 4 rings (SSSR count). The van der Waals surface area contributed by atoms with Gasteiger partial charge in [-0.05, 0) is 43.0 Å². The number of aryl methyl sites for hydroxylation is 1. The number of benzene rings is 2. The fourth-order valence-corrected chi connectivity index (χ4v) is 5.82. The minimum Gasteiger partial charge on any atom is -0.319 e. The summed E-state index contributed by atoms with van der Waals surface area (Å²) < 4.78 is 27.6. The predicted octanol–water partition coefficient (Wildman–Crippen LogP) is 2.85. The first-order chi connectivity index (χ1) is 16.0. The maximum Gasteiger partial charge on any atom is 0.326 e. The van der Waals surface area contributed by atoms with Gasteiger partial charge in [-0.25, -0.2) is 18.1 Å². The predicted molar refractivity (Wildman–Crippen MR) is 130 cm³/mol. The van der Waals surface area contributed by atoms with Gasteiger partial charge in [-0.3, -0.25) is 9.69 Å². The Labute approximate surface area is 201 Å². The van der Waals surface area contributed by atoms with Gasteiger partial charge in [0.2, 0.25) is 10.0 Å². The first kappa shape index (κ1) is 24.4. The number of sulfonamides is 1. The second kappa shape index (κ2) is 9.13. The highest BCUT2D eigenvalue weighted by Gasteiger charge is 2.49. The smallest absolute Gasteiger partial charge is 0.319 e. The van der Waals surface area contributed by atoms with Crippen molar-refractivity contribution in [1.29, 1.82) is 0 Å². The molecule has 2 fully saturated rings. The van der Waals surface area contributed by atoms with Crippen molar-refractivity contribution in [3.8, 4) is 0 Å². The Hall–Kier alpha value is -2.75. The summed E-state index contributed by atoms with van der Waals surface area (Å²) >= 11 is 0. The SMILES string of the molecule is Cc1ccc([C@@]2(C)NC(=O)N(CN3CCN(S(=O)(=O)c4ccc(C(C)C)cc4)CC3)C2=O)cc1. The van der Waals surface area contributed by atoms with E-state index in [0.29, 0.717) is 32.1 Å². The zero-order chi connectivity index (χ0) is 24.7. The van der Waals surface area contributed by atoms with Crippen molar-refractivity contribution in [1.82, 2.24) is 19.4 Å². The van der Waals surface area contributed by atoms with Gasteiger partial charge in [0.25, 0.3) is 5.91 Å². The molecule has 0 spiro atoms. The normalized spacial score (nSPS) is 22.4. The van der Waals surface area contributed by atoms with E-state index in [4.69, 9.17) is 0 Å². The minimum atomic E-state index is -3.59. The Morgan fingerprint density at radius 1 is 0.941 bits per heavy atom. The molecule has 2 aromatic carbocycles. The molecular weight excluding hydrogens is 452 g/mol. The number of imide groups is 1. The number of nitrogens with zero attached hydrogens (tertiary/aromatic N) is 3. The zero-order valence-electron chi connectivity index (χ0n) is 20.1. The van der Waals surface area contributed by atoms with E-state index in [2.05, 4.69) is 19.2 Å². The number of hydrogen-bond acceptors (Lipinski definition) is 5. The highest BCUT2D eigenvalue weighted by atomic mass is 32.2. The number of hydrogen-bond donors (Lipinski definition) is 1. The second-order valence-electron chi connectivity index (χ2n) is 9.54. The zero-order valence-corrected chi connectivity index (χ0v) is 20.9. The van der Waals surface area contributed by atoms with E-state index >= 15 is 0 Å². The number of amides is 3. The van der Waals surface area contributed by atoms with Gasteiger partial charge >= 0.3 is 6.03 Å². The number of carbonyl (C=O) groups excluding carboxylic acids is 2. The lowest BCUT2D eigenvalue weighted by atomic mass is 9.91. The largest absolute Gasteiger partial charge is 0.326 e. The van der Waals surface area contributed by atoms with E-state index in [-0.39, 0.29) is 17.5 Å². The lowest BCUT2D eigenvalue weighted by Gasteiger charge is -2.35. The van der Waals surface area contributed by atoms with E-state index in [9.17, 15) is 18.0 Å². The topological polar surface area (TPSA) is 90.0 Å². The fourth-order valence-electron chi connectivity index (χ4n) is 4.39. The molecule has 0 aliphatic carbocycles. The maximum absolute atomic E-state index is 13.2. The van der Waals surface area contributed by atoms with E-state index in [1.165, 1.54) is 9.21 Å². The summed E-state index contributed by atoms with van der Waals surface area (Å²) in [6, 6.07) is 14.1. The summed E-state index contributed by atoms with van der Waals surface area (Å²) in [7, 11) is -3.59. The molecule has 0 saturated carbocycles. The Morgan fingerprint density at radius 3 is 2.09 bits per heavy atom. The summed E-state index contributed by atoms with van der Waals surface area (Å²) in [6.45, 7) is 9.41. The standard InChI is InChI=1S/C25H32N4O4S/c1-18(2)20-7-11-22(12-8-20)34(32,33)28-15-13-27(14-16-28)17-29-23(30)25(4,26-24(29)31)21-9-5-19(3)6-10-21/h5-12,18H,13-17H2,1-4H3,(H,26,31)/t25-/m1/s1. The molecule has 0 aromatic heterocycles. The van der Waals surface area contributed by atoms with Crippen LogP contribution in [0.15, 0.2) is 53.4 Å². The highest BCUT2D eigenvalue weighted by Crippen LogP contribution is 2.29. The van der Waals surface area contributed by atoms with Crippen LogP contribution in [0.3, 0.4) is 0 Å². The molecule has 3 amide bonds. The van der Waals surface area contributed by atoms with Crippen molar-refractivity contribution in [2.45, 2.75) is 44.0 Å². The molecule has 2 aromatic rings. The average Bonchev–Trinajstić information content (AvgIpc) is 3.03. The van der Waals surface area contributed by atoms with Gasteiger partial charge in [-0.2, -0.15) is 4.31 Å². The van der Waals surface area contributed by atoms with E-state index in [1.807, 2.05) is 48.2 Å². The third-order valence-electron chi connectivity index (χ3n) is 6.76. The van der Waals surface area contributed by atoms with Crippen molar-refractivity contribution < 1.29 is 18.0 Å². The Balaban J connectivity index is 1.39. The van der Waals surface area contributed by atoms with Crippen LogP contribution in [0.4, 0.5) is 4.79 Å². The molecule has 34 heavy (non-hydrogen) atoms. The first-order valence-corrected chi connectivity index (χ1v) is 13.0. The third kappa shape index (κ3) is 4.47. The molecule has 182 valence electrons. The number of urea groups is 1. The van der Waals surface area contributed by atoms with Gasteiger partial charge in [0.15, 0.2) is 0 Å². The average molecular weight is 485 g/mol. The molecule has 2 heterocycles. The highest BCUT2D eigenvalue weighted by molar-refractivity contribution is 7.89. The molecule has 2 saturated heterocycles. The molecule has 0 unspecified atom stereocenters. The molecule has 0 radical (unpaired) electrons. The van der Waals surface area contributed by atoms with E-state index < -0.39 is 21.6 Å².